The number of aryl methyl sites for hydroxylation is 2. The van der Waals surface area contributed by atoms with Gasteiger partial charge < -0.3 is 10.2 Å². The summed E-state index contributed by atoms with van der Waals surface area (Å²) in [4.78, 5) is 19.0. The Morgan fingerprint density at radius 1 is 0.968 bits per heavy atom. The first-order valence-electron chi connectivity index (χ1n) is 9.03. The number of azo groups is 1. The van der Waals surface area contributed by atoms with Gasteiger partial charge in [-0.1, -0.05) is 0 Å². The number of phenols is 1. The van der Waals surface area contributed by atoms with Crippen molar-refractivity contribution in [3.05, 3.63) is 65.5 Å². The van der Waals surface area contributed by atoms with Gasteiger partial charge in [-0.05, 0) is 62.4 Å². The molecule has 0 spiro atoms. The van der Waals surface area contributed by atoms with Crippen molar-refractivity contribution in [2.24, 2.45) is 10.2 Å². The Hall–Kier alpha value is -3.86. The molecule has 11 heteroatoms. The van der Waals surface area contributed by atoms with Crippen LogP contribution in [0.1, 0.15) is 17.0 Å². The third-order valence-corrected chi connectivity index (χ3v) is 5.38. The molecule has 160 valence electrons. The van der Waals surface area contributed by atoms with Crippen molar-refractivity contribution >= 4 is 33.3 Å². The maximum atomic E-state index is 12.6. The van der Waals surface area contributed by atoms with Crippen LogP contribution in [0.3, 0.4) is 0 Å². The lowest BCUT2D eigenvalue weighted by molar-refractivity contribution is -0.136. The zero-order chi connectivity index (χ0) is 22.6. The lowest BCUT2D eigenvalue weighted by Crippen LogP contribution is -2.15. The van der Waals surface area contributed by atoms with Gasteiger partial charge in [0.25, 0.3) is 10.0 Å². The predicted octanol–water partition coefficient (Wildman–Crippen LogP) is 3.64. The van der Waals surface area contributed by atoms with Crippen molar-refractivity contribution in [3.63, 3.8) is 0 Å². The zero-order valence-corrected chi connectivity index (χ0v) is 17.5. The van der Waals surface area contributed by atoms with Gasteiger partial charge in [0.1, 0.15) is 5.75 Å². The van der Waals surface area contributed by atoms with Crippen molar-refractivity contribution < 1.29 is 23.4 Å². The molecular weight excluding hydrogens is 422 g/mol. The molecule has 10 nitrogen and oxygen atoms in total. The van der Waals surface area contributed by atoms with E-state index in [9.17, 15) is 18.3 Å². The highest BCUT2D eigenvalue weighted by Gasteiger charge is 2.16. The predicted molar refractivity (Wildman–Crippen MR) is 112 cm³/mol. The molecule has 3 aromatic rings. The van der Waals surface area contributed by atoms with E-state index in [1.165, 1.54) is 42.5 Å². The molecule has 0 aliphatic heterocycles. The van der Waals surface area contributed by atoms with Crippen LogP contribution >= 0.6 is 0 Å². The van der Waals surface area contributed by atoms with E-state index in [1.807, 2.05) is 0 Å². The minimum Gasteiger partial charge on any atom is -0.508 e. The summed E-state index contributed by atoms with van der Waals surface area (Å²) in [6, 6.07) is 11.6. The molecule has 0 saturated carbocycles. The number of sulfonamides is 1. The first-order chi connectivity index (χ1) is 14.6. The summed E-state index contributed by atoms with van der Waals surface area (Å²) in [6.45, 7) is 3.48. The molecule has 0 amide bonds. The number of anilines is 1. The van der Waals surface area contributed by atoms with E-state index in [0.717, 1.165) is 0 Å². The van der Waals surface area contributed by atoms with E-state index in [2.05, 4.69) is 24.9 Å². The van der Waals surface area contributed by atoms with Gasteiger partial charge in [-0.3, -0.25) is 4.79 Å². The summed E-state index contributed by atoms with van der Waals surface area (Å²) in [5.74, 6) is -1.23. The van der Waals surface area contributed by atoms with Crippen LogP contribution in [0.2, 0.25) is 0 Å². The number of carboxylic acid groups (broad SMARTS) is 1. The van der Waals surface area contributed by atoms with Gasteiger partial charge in [-0.2, -0.15) is 10.2 Å². The summed E-state index contributed by atoms with van der Waals surface area (Å²) in [7, 11) is -3.88. The van der Waals surface area contributed by atoms with E-state index in [1.54, 1.807) is 19.9 Å². The molecule has 0 aliphatic carbocycles. The molecule has 31 heavy (non-hydrogen) atoms. The number of aliphatic carboxylic acids is 1. The average molecular weight is 441 g/mol. The fourth-order valence-electron chi connectivity index (χ4n) is 2.70. The van der Waals surface area contributed by atoms with Gasteiger partial charge in [0.05, 0.1) is 22.7 Å². The number of hydrogen-bond donors (Lipinski definition) is 3. The van der Waals surface area contributed by atoms with E-state index < -0.39 is 16.0 Å². The van der Waals surface area contributed by atoms with Gasteiger partial charge in [0.2, 0.25) is 5.95 Å². The maximum absolute atomic E-state index is 12.6. The summed E-state index contributed by atoms with van der Waals surface area (Å²) >= 11 is 0. The van der Waals surface area contributed by atoms with Gasteiger partial charge in [-0.25, -0.2) is 23.1 Å². The first kappa shape index (κ1) is 21.8. The smallest absolute Gasteiger partial charge is 0.307 e. The molecule has 3 N–H and O–H groups in total. The van der Waals surface area contributed by atoms with Crippen molar-refractivity contribution in [3.8, 4) is 5.75 Å². The lowest BCUT2D eigenvalue weighted by atomic mass is 10.1. The van der Waals surface area contributed by atoms with Gasteiger partial charge in [0.15, 0.2) is 0 Å². The molecular formula is C20H19N5O5S. The standard InChI is InChI=1S/C20H19N5O5S/c1-12-9-13(2)22-20(21-12)25-31(29,30)17-6-3-15(4-7-17)23-24-16-5-8-18(26)14(10-16)11-19(27)28/h3-10,26H,11H2,1-2H3,(H,27,28)(H,21,22,25)/b24-23+. The second-order valence-electron chi connectivity index (χ2n) is 6.66. The third kappa shape index (κ3) is 5.82. The van der Waals surface area contributed by atoms with Crippen molar-refractivity contribution in [1.29, 1.82) is 0 Å². The average Bonchev–Trinajstić information content (AvgIpc) is 2.67. The van der Waals surface area contributed by atoms with Crippen LogP contribution < -0.4 is 4.72 Å². The van der Waals surface area contributed by atoms with Crippen molar-refractivity contribution in [1.82, 2.24) is 9.97 Å². The topological polar surface area (TPSA) is 154 Å². The van der Waals surface area contributed by atoms with Crippen molar-refractivity contribution in [2.75, 3.05) is 4.72 Å². The van der Waals surface area contributed by atoms with E-state index in [-0.39, 0.29) is 28.6 Å². The normalized spacial score (nSPS) is 11.5. The molecule has 0 saturated heterocycles. The highest BCUT2D eigenvalue weighted by molar-refractivity contribution is 7.92. The fourth-order valence-corrected chi connectivity index (χ4v) is 3.64. The van der Waals surface area contributed by atoms with Crippen LogP contribution in [0.4, 0.5) is 17.3 Å². The molecule has 0 fully saturated rings. The number of benzene rings is 2. The Bertz CT molecular complexity index is 1240. The maximum Gasteiger partial charge on any atom is 0.307 e. The fraction of sp³-hybridized carbons (Fsp3) is 0.150. The third-order valence-electron chi connectivity index (χ3n) is 4.04. The molecule has 0 bridgehead atoms. The molecule has 0 atom stereocenters. The quantitative estimate of drug-likeness (QED) is 0.473. The number of rotatable bonds is 7. The number of hydrogen-bond acceptors (Lipinski definition) is 8. The van der Waals surface area contributed by atoms with Gasteiger partial charge in [-0.15, -0.1) is 0 Å². The van der Waals surface area contributed by atoms with E-state index in [0.29, 0.717) is 22.8 Å². The minimum absolute atomic E-state index is 0.00240. The largest absolute Gasteiger partial charge is 0.508 e. The number of nitrogens with zero attached hydrogens (tertiary/aromatic N) is 4. The SMILES string of the molecule is Cc1cc(C)nc(NS(=O)(=O)c2ccc(/N=N/c3ccc(O)c(CC(=O)O)c3)cc2)n1. The second-order valence-corrected chi connectivity index (χ2v) is 8.34. The van der Waals surface area contributed by atoms with Crippen LogP contribution in [0.5, 0.6) is 5.75 Å². The van der Waals surface area contributed by atoms with Crippen LogP contribution in [0.25, 0.3) is 0 Å². The Morgan fingerprint density at radius 2 is 1.55 bits per heavy atom. The summed E-state index contributed by atoms with van der Waals surface area (Å²) in [5.41, 5.74) is 2.22. The zero-order valence-electron chi connectivity index (χ0n) is 16.6. The van der Waals surface area contributed by atoms with E-state index >= 15 is 0 Å². The minimum atomic E-state index is -3.88. The summed E-state index contributed by atoms with van der Waals surface area (Å²) in [5, 5.41) is 26.6. The summed E-state index contributed by atoms with van der Waals surface area (Å²) in [6.07, 6.45) is -0.348. The molecule has 3 rings (SSSR count). The summed E-state index contributed by atoms with van der Waals surface area (Å²) < 4.78 is 27.5. The highest BCUT2D eigenvalue weighted by atomic mass is 32.2. The molecule has 0 radical (unpaired) electrons. The monoisotopic (exact) mass is 441 g/mol. The van der Waals surface area contributed by atoms with Crippen LogP contribution in [-0.2, 0) is 21.2 Å². The Kier molecular flexibility index (Phi) is 6.25. The number of nitrogens with one attached hydrogen (secondary N) is 1. The van der Waals surface area contributed by atoms with Gasteiger partial charge >= 0.3 is 5.97 Å². The van der Waals surface area contributed by atoms with Gasteiger partial charge in [0, 0.05) is 17.0 Å². The second kappa shape index (κ2) is 8.88. The molecule has 0 unspecified atom stereocenters. The van der Waals surface area contributed by atoms with Crippen LogP contribution in [0.15, 0.2) is 63.7 Å². The highest BCUT2D eigenvalue weighted by Crippen LogP contribution is 2.26. The molecule has 1 heterocycles. The molecule has 1 aromatic heterocycles. The number of aromatic nitrogens is 2. The number of phenolic OH excluding ortho intramolecular Hbond substituents is 1. The molecule has 2 aromatic carbocycles. The lowest BCUT2D eigenvalue weighted by Gasteiger charge is -2.08. The van der Waals surface area contributed by atoms with E-state index in [4.69, 9.17) is 5.11 Å². The van der Waals surface area contributed by atoms with Crippen LogP contribution in [0, 0.1) is 13.8 Å². The number of carbonyl (C=O) groups is 1. The number of carboxylic acids is 1. The molecule has 0 aliphatic rings. The Labute approximate surface area is 178 Å². The van der Waals surface area contributed by atoms with Crippen molar-refractivity contribution in [2.45, 2.75) is 25.2 Å². The Balaban J connectivity index is 1.76. The Morgan fingerprint density at radius 3 is 2.16 bits per heavy atom. The first-order valence-corrected chi connectivity index (χ1v) is 10.5. The van der Waals surface area contributed by atoms with Crippen LogP contribution in [-0.4, -0.2) is 34.6 Å². The number of aromatic hydroxyl groups is 1.